The van der Waals surface area contributed by atoms with Gasteiger partial charge in [-0.15, -0.1) is 0 Å². The Kier molecular flexibility index (Phi) is 6.06. The Balaban J connectivity index is 1.35. The van der Waals surface area contributed by atoms with Crippen LogP contribution in [-0.2, 0) is 11.8 Å². The molecule has 1 N–H and O–H groups in total. The van der Waals surface area contributed by atoms with Gasteiger partial charge in [0, 0.05) is 43.6 Å². The summed E-state index contributed by atoms with van der Waals surface area (Å²) >= 11 is 0. The highest BCUT2D eigenvalue weighted by molar-refractivity contribution is 6.10. The Morgan fingerprint density at radius 1 is 1.14 bits per heavy atom. The molecule has 9 heteroatoms. The number of aryl methyl sites for hydroxylation is 1. The number of aliphatic imine (C=N–C) groups is 1. The number of carboxylic acid groups (broad SMARTS) is 1. The predicted octanol–water partition coefficient (Wildman–Crippen LogP) is 4.61. The number of hydrogen-bond donors (Lipinski definition) is 1. The molecule has 1 aromatic carbocycles. The number of rotatable bonds is 7. The molecule has 2 aromatic heterocycles. The highest BCUT2D eigenvalue weighted by Crippen LogP contribution is 2.46. The number of hydrazone groups is 1. The van der Waals surface area contributed by atoms with Crippen molar-refractivity contribution < 1.29 is 14.6 Å². The van der Waals surface area contributed by atoms with Crippen molar-refractivity contribution >= 4 is 23.7 Å². The third-order valence-electron chi connectivity index (χ3n) is 7.79. The average molecular weight is 501 g/mol. The van der Waals surface area contributed by atoms with E-state index in [4.69, 9.17) is 14.8 Å². The van der Waals surface area contributed by atoms with Crippen LogP contribution in [0.2, 0.25) is 0 Å². The molecule has 3 aromatic rings. The first-order valence-corrected chi connectivity index (χ1v) is 13.1. The monoisotopic (exact) mass is 500 g/mol. The number of aromatic nitrogens is 3. The summed E-state index contributed by atoms with van der Waals surface area (Å²) in [6, 6.07) is 10.1. The molecule has 4 heterocycles. The van der Waals surface area contributed by atoms with E-state index in [0.717, 1.165) is 59.8 Å². The zero-order valence-corrected chi connectivity index (χ0v) is 21.2. The molecule has 6 rings (SSSR count). The fourth-order valence-corrected chi connectivity index (χ4v) is 6.02. The van der Waals surface area contributed by atoms with Crippen LogP contribution >= 0.6 is 0 Å². The Bertz CT molecular complexity index is 1350. The largest absolute Gasteiger partial charge is 0.491 e. The number of carboxylic acids is 1. The van der Waals surface area contributed by atoms with Crippen molar-refractivity contribution in [2.45, 2.75) is 51.1 Å². The number of fused-ring (bicyclic) bond motifs is 3. The molecule has 0 spiro atoms. The summed E-state index contributed by atoms with van der Waals surface area (Å²) in [6.07, 6.45) is 11.7. The van der Waals surface area contributed by atoms with Crippen LogP contribution in [0.4, 0.5) is 5.82 Å². The van der Waals surface area contributed by atoms with Crippen LogP contribution in [0.5, 0.6) is 5.75 Å². The SMILES string of the molecule is CCOc1cn(C)c2c1C(C1CCC(CC(=O)O)CC1)=NC1C(c3cnn(-c4ccccc4)c3)C=NN21. The van der Waals surface area contributed by atoms with Gasteiger partial charge < -0.3 is 14.4 Å². The van der Waals surface area contributed by atoms with Crippen molar-refractivity contribution in [2.75, 3.05) is 11.6 Å². The molecule has 0 amide bonds. The number of nitrogens with zero attached hydrogens (tertiary/aromatic N) is 6. The summed E-state index contributed by atoms with van der Waals surface area (Å²) in [5.74, 6) is 1.60. The van der Waals surface area contributed by atoms with E-state index in [0.29, 0.717) is 6.61 Å². The van der Waals surface area contributed by atoms with Crippen molar-refractivity contribution in [2.24, 2.45) is 29.0 Å². The van der Waals surface area contributed by atoms with Gasteiger partial charge in [-0.1, -0.05) is 18.2 Å². The maximum absolute atomic E-state index is 11.3. The molecule has 1 aliphatic carbocycles. The van der Waals surface area contributed by atoms with E-state index in [1.54, 1.807) is 0 Å². The smallest absolute Gasteiger partial charge is 0.303 e. The number of carbonyl (C=O) groups is 1. The van der Waals surface area contributed by atoms with Crippen LogP contribution < -0.4 is 9.75 Å². The zero-order valence-electron chi connectivity index (χ0n) is 21.2. The molecule has 1 saturated carbocycles. The number of anilines is 1. The van der Waals surface area contributed by atoms with Crippen LogP contribution in [-0.4, -0.2) is 50.1 Å². The Morgan fingerprint density at radius 3 is 2.65 bits per heavy atom. The molecule has 2 aliphatic heterocycles. The molecule has 1 fully saturated rings. The number of ether oxygens (including phenoxy) is 1. The minimum absolute atomic E-state index is 0.0330. The van der Waals surface area contributed by atoms with Crippen molar-refractivity contribution in [3.8, 4) is 11.4 Å². The minimum Gasteiger partial charge on any atom is -0.491 e. The minimum atomic E-state index is -0.708. The van der Waals surface area contributed by atoms with E-state index in [-0.39, 0.29) is 30.3 Å². The van der Waals surface area contributed by atoms with Crippen LogP contribution in [0.1, 0.15) is 56.1 Å². The molecule has 0 saturated heterocycles. The topological polar surface area (TPSA) is 97.2 Å². The molecule has 192 valence electrons. The summed E-state index contributed by atoms with van der Waals surface area (Å²) < 4.78 is 10.0. The van der Waals surface area contributed by atoms with E-state index >= 15 is 0 Å². The normalized spacial score (nSPS) is 24.5. The Labute approximate surface area is 216 Å². The third kappa shape index (κ3) is 4.22. The van der Waals surface area contributed by atoms with Crippen molar-refractivity contribution in [3.05, 3.63) is 60.0 Å². The van der Waals surface area contributed by atoms with Gasteiger partial charge in [-0.3, -0.25) is 9.79 Å². The van der Waals surface area contributed by atoms with Crippen LogP contribution in [0.15, 0.2) is 59.0 Å². The highest BCUT2D eigenvalue weighted by atomic mass is 16.5. The van der Waals surface area contributed by atoms with Gasteiger partial charge in [-0.05, 0) is 50.7 Å². The molecular formula is C28H32N6O3. The summed E-state index contributed by atoms with van der Waals surface area (Å²) in [5, 5.41) is 20.7. The van der Waals surface area contributed by atoms with Crippen LogP contribution in [0, 0.1) is 11.8 Å². The second-order valence-corrected chi connectivity index (χ2v) is 10.2. The molecule has 9 nitrogen and oxygen atoms in total. The first-order valence-electron chi connectivity index (χ1n) is 13.1. The van der Waals surface area contributed by atoms with Gasteiger partial charge in [0.1, 0.15) is 11.6 Å². The van der Waals surface area contributed by atoms with Gasteiger partial charge in [-0.25, -0.2) is 9.69 Å². The van der Waals surface area contributed by atoms with Gasteiger partial charge in [0.15, 0.2) is 6.17 Å². The summed E-state index contributed by atoms with van der Waals surface area (Å²) in [6.45, 7) is 2.57. The summed E-state index contributed by atoms with van der Waals surface area (Å²) in [5.41, 5.74) is 4.17. The lowest BCUT2D eigenvalue weighted by Gasteiger charge is -2.35. The van der Waals surface area contributed by atoms with Gasteiger partial charge in [-0.2, -0.15) is 10.2 Å². The second-order valence-electron chi connectivity index (χ2n) is 10.2. The molecule has 3 aliphatic rings. The van der Waals surface area contributed by atoms with E-state index in [2.05, 4.69) is 15.9 Å². The molecular weight excluding hydrogens is 468 g/mol. The van der Waals surface area contributed by atoms with Gasteiger partial charge in [0.05, 0.1) is 35.7 Å². The fourth-order valence-electron chi connectivity index (χ4n) is 6.02. The summed E-state index contributed by atoms with van der Waals surface area (Å²) in [7, 11) is 2.03. The fraction of sp³-hybridized carbons (Fsp3) is 0.429. The van der Waals surface area contributed by atoms with Gasteiger partial charge >= 0.3 is 5.97 Å². The predicted molar refractivity (Wildman–Crippen MR) is 142 cm³/mol. The molecule has 37 heavy (non-hydrogen) atoms. The quantitative estimate of drug-likeness (QED) is 0.511. The number of para-hydroxylation sites is 1. The van der Waals surface area contributed by atoms with E-state index in [9.17, 15) is 9.90 Å². The third-order valence-corrected chi connectivity index (χ3v) is 7.79. The first kappa shape index (κ1) is 23.5. The highest BCUT2D eigenvalue weighted by Gasteiger charge is 2.43. The summed E-state index contributed by atoms with van der Waals surface area (Å²) in [4.78, 5) is 16.6. The van der Waals surface area contributed by atoms with E-state index in [1.807, 2.05) is 72.6 Å². The Morgan fingerprint density at radius 2 is 1.92 bits per heavy atom. The lowest BCUT2D eigenvalue weighted by Crippen LogP contribution is -2.38. The number of benzene rings is 1. The Hall–Kier alpha value is -3.88. The van der Waals surface area contributed by atoms with Crippen LogP contribution in [0.25, 0.3) is 5.69 Å². The van der Waals surface area contributed by atoms with Crippen molar-refractivity contribution in [3.63, 3.8) is 0 Å². The average Bonchev–Trinajstić information content (AvgIpc) is 3.62. The standard InChI is InChI=1S/C28H32N6O3/c1-3-37-23-17-32(2)28-25(23)26(19-11-9-18(10-12-19)13-24(35)36)31-27-22(15-30-34(27)28)20-14-29-33(16-20)21-7-5-4-6-8-21/h4-8,14-19,22,27H,3,9-13H2,1-2H3,(H,35,36). The molecule has 0 radical (unpaired) electrons. The van der Waals surface area contributed by atoms with Crippen molar-refractivity contribution in [1.29, 1.82) is 0 Å². The second kappa shape index (κ2) is 9.53. The first-order chi connectivity index (χ1) is 18.0. The van der Waals surface area contributed by atoms with Gasteiger partial charge in [0.2, 0.25) is 0 Å². The number of hydrogen-bond acceptors (Lipinski definition) is 6. The van der Waals surface area contributed by atoms with E-state index in [1.165, 1.54) is 0 Å². The molecule has 2 unspecified atom stereocenters. The van der Waals surface area contributed by atoms with Gasteiger partial charge in [0.25, 0.3) is 0 Å². The zero-order chi connectivity index (χ0) is 25.5. The van der Waals surface area contributed by atoms with E-state index < -0.39 is 5.97 Å². The van der Waals surface area contributed by atoms with Crippen molar-refractivity contribution in [1.82, 2.24) is 14.3 Å². The number of aliphatic carboxylic acids is 1. The molecule has 0 bridgehead atoms. The maximum Gasteiger partial charge on any atom is 0.303 e. The van der Waals surface area contributed by atoms with Crippen LogP contribution in [0.3, 0.4) is 0 Å². The molecule has 2 atom stereocenters. The lowest BCUT2D eigenvalue weighted by molar-refractivity contribution is -0.138. The maximum atomic E-state index is 11.3. The lowest BCUT2D eigenvalue weighted by atomic mass is 9.76.